The van der Waals surface area contributed by atoms with Crippen molar-refractivity contribution in [2.45, 2.75) is 299 Å². The van der Waals surface area contributed by atoms with E-state index in [-0.39, 0.29) is 49.3 Å². The molecule has 0 unspecified atom stereocenters. The van der Waals surface area contributed by atoms with Crippen LogP contribution in [0.1, 0.15) is 276 Å². The van der Waals surface area contributed by atoms with Crippen LogP contribution in [0.15, 0.2) is 60.7 Å². The molecule has 2 aromatic rings. The minimum atomic E-state index is -1.06. The molecular formula is C77H137BN6NaO19. The number of nitrogens with one attached hydrogen (secondary N) is 4. The second kappa shape index (κ2) is 67.6. The van der Waals surface area contributed by atoms with Crippen LogP contribution in [0.25, 0.3) is 0 Å². The van der Waals surface area contributed by atoms with Crippen LogP contribution >= 0.6 is 0 Å². The van der Waals surface area contributed by atoms with Crippen molar-refractivity contribution in [1.82, 2.24) is 21.3 Å². The number of alkyl carbamates (subject to hydrolysis) is 3. The Morgan fingerprint density at radius 2 is 0.817 bits per heavy atom. The third-order valence-corrected chi connectivity index (χ3v) is 15.2. The first kappa shape index (κ1) is 104. The molecule has 27 heteroatoms. The Morgan fingerprint density at radius 3 is 1.12 bits per heavy atom. The summed E-state index contributed by atoms with van der Waals surface area (Å²) in [6, 6.07) is 20.1. The average molecular weight is 1480 g/mol. The van der Waals surface area contributed by atoms with Crippen molar-refractivity contribution >= 4 is 62.3 Å². The Labute approximate surface area is 648 Å². The summed E-state index contributed by atoms with van der Waals surface area (Å²) in [5, 5.41) is 18.6. The molecule has 5 fully saturated rings. The molecule has 0 saturated heterocycles. The van der Waals surface area contributed by atoms with Crippen LogP contribution in [-0.4, -0.2) is 137 Å². The molecule has 9 N–H and O–H groups in total. The SMILES string of the molecule is CC(=O)OOC(C)=O.CC(C)(C)OC(=O)OC(=O)OC(C)(C)C.CCCNC(=O)OC(C)(C)C.CO.NCCCC1CCCC1.NCCCC1CCCC1.O=C(NCCCC1CCCC1)OCc1ccccc1.O=C(NCCNC1CCCC1)OCc1ccccc1.O=C1CCCC1.[B-]OC(C)=O.[HH].[Na+]. The average Bonchev–Trinajstić information content (AvgIpc) is 1.90. The van der Waals surface area contributed by atoms with Crippen LogP contribution in [-0.2, 0) is 75.2 Å². The van der Waals surface area contributed by atoms with Gasteiger partial charge in [0.1, 0.15) is 35.8 Å². The van der Waals surface area contributed by atoms with Crippen LogP contribution in [0.5, 0.6) is 0 Å². The quantitative estimate of drug-likeness (QED) is 0.0123. The van der Waals surface area contributed by atoms with E-state index in [9.17, 15) is 43.2 Å². The van der Waals surface area contributed by atoms with Crippen molar-refractivity contribution in [3.8, 4) is 0 Å². The van der Waals surface area contributed by atoms with E-state index in [1.165, 1.54) is 142 Å². The maximum Gasteiger partial charge on any atom is 1.00 e. The number of hydrogen-bond donors (Lipinski definition) is 7. The van der Waals surface area contributed by atoms with E-state index in [1.807, 2.05) is 88.4 Å². The Bertz CT molecular complexity index is 2350. The van der Waals surface area contributed by atoms with Crippen molar-refractivity contribution in [3.05, 3.63) is 71.8 Å². The van der Waals surface area contributed by atoms with Crippen molar-refractivity contribution in [1.29, 1.82) is 0 Å². The standard InChI is InChI=1S/C16H23NO2.C15H22N2O2.C10H18O5.C8H17NO2.2C8H17N.C5H8O.C4H6O4.C2H3BO2.CH4O.Na.H2/c18-16(19-13-15-9-2-1-3-10-15)17-12-6-11-14-7-4-5-8-14;18-15(19-12-13-6-2-1-3-7-13)17-11-10-16-14-8-4-5-9-14;1-9(2,3)14-7(11)13-8(12)15-10(4,5)6;1-5-6-9-7(10)11-8(2,3)4;2*9-7-3-6-8-4-1-2-5-8;6-5-3-1-2-4-5;1-3(5)7-8-4(2)6;1-2(4)5-3;1-2;;/h1-3,9-10,14H,4-8,11-13H2,(H,17,18);1-3,6-7,14,16H,4-5,8-12H2,(H,17,18);1-6H3;5-6H2,1-4H3,(H,9,10);2*8H,1-7,9H2;1-4H2;1-2H3;1H3;2H,1H3;;1H/q;;;;;;;;-1;;+1;. The number of ketones is 1. The summed E-state index contributed by atoms with van der Waals surface area (Å²) >= 11 is 0. The number of carbonyl (C=O) groups excluding carboxylic acids is 9. The Morgan fingerprint density at radius 1 is 0.481 bits per heavy atom. The third kappa shape index (κ3) is 75.7. The van der Waals surface area contributed by atoms with Crippen LogP contribution in [0, 0.1) is 17.8 Å². The Kier molecular flexibility index (Phi) is 67.8. The zero-order valence-electron chi connectivity index (χ0n) is 66.4. The molecule has 0 bridgehead atoms. The predicted molar refractivity (Wildman–Crippen MR) is 404 cm³/mol. The molecule has 593 valence electrons. The number of ether oxygens (including phenoxy) is 6. The van der Waals surface area contributed by atoms with Crippen LogP contribution in [0.4, 0.5) is 24.0 Å². The summed E-state index contributed by atoms with van der Waals surface area (Å²) in [5.41, 5.74) is 11.1. The summed E-state index contributed by atoms with van der Waals surface area (Å²) in [4.78, 5) is 103. The van der Waals surface area contributed by atoms with Gasteiger partial charge in [0.25, 0.3) is 0 Å². The van der Waals surface area contributed by atoms with Crippen molar-refractivity contribution in [3.63, 3.8) is 0 Å². The van der Waals surface area contributed by atoms with Crippen LogP contribution in [0.3, 0.4) is 0 Å². The number of benzene rings is 2. The smallest absolute Gasteiger partial charge is 0.793 e. The molecule has 0 aliphatic heterocycles. The van der Waals surface area contributed by atoms with E-state index in [0.717, 1.165) is 115 Å². The summed E-state index contributed by atoms with van der Waals surface area (Å²) in [6.45, 7) is 26.3. The van der Waals surface area contributed by atoms with Gasteiger partial charge < -0.3 is 79.0 Å². The second-order valence-corrected chi connectivity index (χ2v) is 28.3. The molecule has 25 nitrogen and oxygen atoms in total. The number of aliphatic hydroxyl groups is 1. The first-order chi connectivity index (χ1) is 48.8. The largest absolute Gasteiger partial charge is 1.00 e. The normalized spacial score (nSPS) is 14.4. The number of amides is 3. The topological polar surface area (TPSA) is 357 Å². The van der Waals surface area contributed by atoms with E-state index in [4.69, 9.17) is 40.3 Å². The van der Waals surface area contributed by atoms with Gasteiger partial charge in [0, 0.05) is 74.4 Å². The van der Waals surface area contributed by atoms with Gasteiger partial charge in [0.15, 0.2) is 0 Å². The fourth-order valence-electron chi connectivity index (χ4n) is 10.4. The first-order valence-electron chi connectivity index (χ1n) is 37.1. The summed E-state index contributed by atoms with van der Waals surface area (Å²) in [6.07, 6.45) is 31.8. The maximum atomic E-state index is 11.5. The van der Waals surface area contributed by atoms with Crippen molar-refractivity contribution in [2.24, 2.45) is 29.2 Å². The summed E-state index contributed by atoms with van der Waals surface area (Å²) < 4.78 is 32.7. The van der Waals surface area contributed by atoms with Gasteiger partial charge in [-0.2, -0.15) is 0 Å². The number of Topliss-reactive ketones (excluding diaryl/α,β-unsaturated/α-hetero) is 1. The summed E-state index contributed by atoms with van der Waals surface area (Å²) in [5.74, 6) is 1.67. The molecule has 0 aromatic heterocycles. The van der Waals surface area contributed by atoms with Crippen LogP contribution in [0.2, 0.25) is 0 Å². The van der Waals surface area contributed by atoms with Crippen LogP contribution < -0.4 is 62.3 Å². The van der Waals surface area contributed by atoms with Gasteiger partial charge in [0.2, 0.25) is 5.97 Å². The number of carbonyl (C=O) groups is 9. The van der Waals surface area contributed by atoms with Gasteiger partial charge in [0.05, 0.1) is 0 Å². The van der Waals surface area contributed by atoms with E-state index in [0.29, 0.717) is 38.1 Å². The van der Waals surface area contributed by atoms with Gasteiger partial charge in [-0.15, -0.1) is 0 Å². The van der Waals surface area contributed by atoms with Crippen molar-refractivity contribution < 1.29 is 122 Å². The predicted octanol–water partition coefficient (Wildman–Crippen LogP) is 12.6. The number of hydrogen-bond acceptors (Lipinski definition) is 22. The van der Waals surface area contributed by atoms with E-state index in [1.54, 1.807) is 41.5 Å². The molecule has 5 saturated carbocycles. The minimum Gasteiger partial charge on any atom is -0.793 e. The molecule has 5 aliphatic rings. The first-order valence-corrected chi connectivity index (χ1v) is 37.1. The Hall–Kier alpha value is -6.03. The summed E-state index contributed by atoms with van der Waals surface area (Å²) in [7, 11) is 5.32. The zero-order valence-corrected chi connectivity index (χ0v) is 68.4. The molecular weight excluding hydrogens is 1350 g/mol. The van der Waals surface area contributed by atoms with E-state index in [2.05, 4.69) is 48.5 Å². The van der Waals surface area contributed by atoms with E-state index >= 15 is 0 Å². The third-order valence-electron chi connectivity index (χ3n) is 15.2. The van der Waals surface area contributed by atoms with Gasteiger partial charge in [-0.25, -0.2) is 43.3 Å². The van der Waals surface area contributed by atoms with Gasteiger partial charge >= 0.3 is 72.1 Å². The van der Waals surface area contributed by atoms with Gasteiger partial charge in [-0.05, 0) is 175 Å². The minimum absolute atomic E-state index is 0. The molecule has 7 rings (SSSR count). The molecule has 3 radical (unpaired) electrons. The molecule has 0 spiro atoms. The maximum absolute atomic E-state index is 11.5. The van der Waals surface area contributed by atoms with Gasteiger partial charge in [-0.3, -0.25) is 9.59 Å². The molecule has 0 heterocycles. The Balaban J connectivity index is -0.000000366. The molecule has 0 atom stereocenters. The van der Waals surface area contributed by atoms with E-state index < -0.39 is 47.0 Å². The molecule has 5 aliphatic carbocycles. The number of aliphatic hydroxyl groups excluding tert-OH is 1. The van der Waals surface area contributed by atoms with Gasteiger partial charge in [-0.1, -0.05) is 157 Å². The molecule has 3 amide bonds. The monoisotopic (exact) mass is 1480 g/mol. The fraction of sp³-hybridized carbons (Fsp3) is 0.727. The molecule has 2 aromatic carbocycles. The molecule has 104 heavy (non-hydrogen) atoms. The number of rotatable bonds is 20. The number of nitrogens with two attached hydrogens (primary N) is 2. The second-order valence-electron chi connectivity index (χ2n) is 28.3. The zero-order chi connectivity index (χ0) is 78.2. The fourth-order valence-corrected chi connectivity index (χ4v) is 10.4. The van der Waals surface area contributed by atoms with Crippen molar-refractivity contribution in [2.75, 3.05) is 46.4 Å².